The maximum atomic E-state index is 9.05. The maximum absolute atomic E-state index is 9.05. The molecular formula is C23H29IN4O2. The molecule has 1 aliphatic rings. The lowest BCUT2D eigenvalue weighted by Gasteiger charge is -2.18. The van der Waals surface area contributed by atoms with Crippen molar-refractivity contribution in [3.8, 4) is 11.8 Å². The van der Waals surface area contributed by atoms with Crippen LogP contribution in [0.4, 0.5) is 0 Å². The molecule has 30 heavy (non-hydrogen) atoms. The lowest BCUT2D eigenvalue weighted by molar-refractivity contribution is 0.140. The zero-order valence-electron chi connectivity index (χ0n) is 17.5. The SMILES string of the molecule is CCNC(=NCc1cccc(C#N)c1)NCc1ccc(C)cc1OC1CCOC1.I. The fourth-order valence-corrected chi connectivity index (χ4v) is 3.13. The molecule has 1 atom stereocenters. The van der Waals surface area contributed by atoms with Gasteiger partial charge in [-0.05, 0) is 43.2 Å². The Morgan fingerprint density at radius 3 is 2.87 bits per heavy atom. The molecule has 2 aromatic rings. The lowest BCUT2D eigenvalue weighted by Crippen LogP contribution is -2.37. The summed E-state index contributed by atoms with van der Waals surface area (Å²) in [6.07, 6.45) is 1.04. The average molecular weight is 520 g/mol. The van der Waals surface area contributed by atoms with E-state index in [0.29, 0.717) is 25.3 Å². The van der Waals surface area contributed by atoms with Crippen molar-refractivity contribution in [2.45, 2.75) is 39.5 Å². The van der Waals surface area contributed by atoms with Gasteiger partial charge in [0.15, 0.2) is 5.96 Å². The van der Waals surface area contributed by atoms with Gasteiger partial charge in [0.05, 0.1) is 31.4 Å². The fraction of sp³-hybridized carbons (Fsp3) is 0.391. The minimum atomic E-state index is 0. The van der Waals surface area contributed by atoms with Gasteiger partial charge in [0.25, 0.3) is 0 Å². The van der Waals surface area contributed by atoms with Crippen molar-refractivity contribution >= 4 is 29.9 Å². The van der Waals surface area contributed by atoms with Gasteiger partial charge in [0.2, 0.25) is 0 Å². The second-order valence-corrected chi connectivity index (χ2v) is 7.08. The zero-order chi connectivity index (χ0) is 20.5. The molecule has 7 heteroatoms. The normalized spacial score (nSPS) is 15.8. The summed E-state index contributed by atoms with van der Waals surface area (Å²) in [5, 5.41) is 15.7. The Labute approximate surface area is 195 Å². The number of hydrogen-bond acceptors (Lipinski definition) is 4. The maximum Gasteiger partial charge on any atom is 0.191 e. The van der Waals surface area contributed by atoms with Crippen LogP contribution in [0.1, 0.15) is 35.6 Å². The van der Waals surface area contributed by atoms with Crippen LogP contribution in [-0.2, 0) is 17.8 Å². The molecule has 1 aliphatic heterocycles. The monoisotopic (exact) mass is 520 g/mol. The first-order chi connectivity index (χ1) is 14.2. The molecule has 1 heterocycles. The molecule has 0 aromatic heterocycles. The summed E-state index contributed by atoms with van der Waals surface area (Å²) in [6, 6.07) is 15.9. The van der Waals surface area contributed by atoms with Gasteiger partial charge in [-0.3, -0.25) is 0 Å². The Balaban J connectivity index is 0.00000320. The van der Waals surface area contributed by atoms with E-state index < -0.39 is 0 Å². The van der Waals surface area contributed by atoms with Gasteiger partial charge >= 0.3 is 0 Å². The van der Waals surface area contributed by atoms with Crippen LogP contribution in [0, 0.1) is 18.3 Å². The van der Waals surface area contributed by atoms with Crippen molar-refractivity contribution in [1.29, 1.82) is 5.26 Å². The zero-order valence-corrected chi connectivity index (χ0v) is 19.8. The van der Waals surface area contributed by atoms with Crippen LogP contribution in [0.15, 0.2) is 47.5 Å². The Bertz CT molecular complexity index is 889. The highest BCUT2D eigenvalue weighted by atomic mass is 127. The average Bonchev–Trinajstić information content (AvgIpc) is 3.24. The molecule has 160 valence electrons. The number of ether oxygens (including phenoxy) is 2. The number of aliphatic imine (C=N–C) groups is 1. The highest BCUT2D eigenvalue weighted by Crippen LogP contribution is 2.23. The third-order valence-corrected chi connectivity index (χ3v) is 4.67. The van der Waals surface area contributed by atoms with E-state index in [2.05, 4.69) is 46.8 Å². The van der Waals surface area contributed by atoms with Gasteiger partial charge in [0.1, 0.15) is 11.9 Å². The van der Waals surface area contributed by atoms with E-state index >= 15 is 0 Å². The van der Waals surface area contributed by atoms with E-state index in [4.69, 9.17) is 14.7 Å². The topological polar surface area (TPSA) is 78.7 Å². The quantitative estimate of drug-likeness (QED) is 0.329. The van der Waals surface area contributed by atoms with Gasteiger partial charge in [0, 0.05) is 25.1 Å². The van der Waals surface area contributed by atoms with Crippen LogP contribution in [0.5, 0.6) is 5.75 Å². The van der Waals surface area contributed by atoms with E-state index in [-0.39, 0.29) is 30.1 Å². The summed E-state index contributed by atoms with van der Waals surface area (Å²) in [5.41, 5.74) is 3.90. The van der Waals surface area contributed by atoms with E-state index in [1.54, 1.807) is 6.07 Å². The lowest BCUT2D eigenvalue weighted by atomic mass is 10.1. The van der Waals surface area contributed by atoms with Crippen LogP contribution in [-0.4, -0.2) is 31.8 Å². The molecule has 2 N–H and O–H groups in total. The van der Waals surface area contributed by atoms with Gasteiger partial charge in [-0.25, -0.2) is 4.99 Å². The molecule has 1 saturated heterocycles. The first kappa shape index (κ1) is 24.0. The Morgan fingerprint density at radius 1 is 1.27 bits per heavy atom. The fourth-order valence-electron chi connectivity index (χ4n) is 3.13. The van der Waals surface area contributed by atoms with Crippen molar-refractivity contribution in [2.24, 2.45) is 4.99 Å². The van der Waals surface area contributed by atoms with Crippen molar-refractivity contribution < 1.29 is 9.47 Å². The number of halogens is 1. The van der Waals surface area contributed by atoms with Crippen LogP contribution in [0.25, 0.3) is 0 Å². The van der Waals surface area contributed by atoms with Crippen molar-refractivity contribution in [3.05, 3.63) is 64.7 Å². The molecule has 0 spiro atoms. The van der Waals surface area contributed by atoms with Gasteiger partial charge < -0.3 is 20.1 Å². The van der Waals surface area contributed by atoms with E-state index in [1.165, 1.54) is 5.56 Å². The molecule has 1 unspecified atom stereocenters. The molecule has 0 bridgehead atoms. The van der Waals surface area contributed by atoms with Crippen LogP contribution >= 0.6 is 24.0 Å². The first-order valence-corrected chi connectivity index (χ1v) is 10.0. The minimum absolute atomic E-state index is 0. The van der Waals surface area contributed by atoms with E-state index in [1.807, 2.05) is 25.1 Å². The van der Waals surface area contributed by atoms with Crippen molar-refractivity contribution in [2.75, 3.05) is 19.8 Å². The Kier molecular flexibility index (Phi) is 9.91. The second kappa shape index (κ2) is 12.4. The third-order valence-electron chi connectivity index (χ3n) is 4.67. The Hall–Kier alpha value is -2.31. The van der Waals surface area contributed by atoms with Crippen LogP contribution < -0.4 is 15.4 Å². The van der Waals surface area contributed by atoms with Gasteiger partial charge in [-0.2, -0.15) is 5.26 Å². The Morgan fingerprint density at radius 2 is 2.13 bits per heavy atom. The number of rotatable bonds is 7. The standard InChI is InChI=1S/C23H28N4O2.HI/c1-3-25-23(26-14-19-6-4-5-18(12-19)13-24)27-15-20-8-7-17(2)11-22(20)29-21-9-10-28-16-21;/h4-8,11-12,21H,3,9-10,14-16H2,1-2H3,(H2,25,26,27);1H. The van der Waals surface area contributed by atoms with Crippen molar-refractivity contribution in [1.82, 2.24) is 10.6 Å². The minimum Gasteiger partial charge on any atom is -0.488 e. The molecule has 0 amide bonds. The number of guanidine groups is 1. The summed E-state index contributed by atoms with van der Waals surface area (Å²) in [5.74, 6) is 1.62. The highest BCUT2D eigenvalue weighted by Gasteiger charge is 2.18. The summed E-state index contributed by atoms with van der Waals surface area (Å²) < 4.78 is 11.6. The number of hydrogen-bond donors (Lipinski definition) is 2. The summed E-state index contributed by atoms with van der Waals surface area (Å²) >= 11 is 0. The number of nitriles is 1. The van der Waals surface area contributed by atoms with E-state index in [9.17, 15) is 0 Å². The van der Waals surface area contributed by atoms with Gasteiger partial charge in [-0.15, -0.1) is 24.0 Å². The summed E-state index contributed by atoms with van der Waals surface area (Å²) in [6.45, 7) is 7.38. The number of nitrogens with one attached hydrogen (secondary N) is 2. The number of benzene rings is 2. The summed E-state index contributed by atoms with van der Waals surface area (Å²) in [4.78, 5) is 4.65. The summed E-state index contributed by atoms with van der Waals surface area (Å²) in [7, 11) is 0. The van der Waals surface area contributed by atoms with Crippen LogP contribution in [0.2, 0.25) is 0 Å². The molecular weight excluding hydrogens is 491 g/mol. The van der Waals surface area contributed by atoms with E-state index in [0.717, 1.165) is 42.4 Å². The second-order valence-electron chi connectivity index (χ2n) is 7.08. The predicted octanol–water partition coefficient (Wildman–Crippen LogP) is 3.91. The predicted molar refractivity (Wildman–Crippen MR) is 129 cm³/mol. The largest absolute Gasteiger partial charge is 0.488 e. The molecule has 6 nitrogen and oxygen atoms in total. The van der Waals surface area contributed by atoms with Crippen molar-refractivity contribution in [3.63, 3.8) is 0 Å². The van der Waals surface area contributed by atoms with Gasteiger partial charge in [-0.1, -0.05) is 24.3 Å². The molecule has 3 rings (SSSR count). The third kappa shape index (κ3) is 7.18. The number of aryl methyl sites for hydroxylation is 1. The first-order valence-electron chi connectivity index (χ1n) is 10.0. The number of nitrogens with zero attached hydrogens (tertiary/aromatic N) is 2. The molecule has 2 aromatic carbocycles. The highest BCUT2D eigenvalue weighted by molar-refractivity contribution is 14.0. The molecule has 0 radical (unpaired) electrons. The molecule has 0 saturated carbocycles. The molecule has 1 fully saturated rings. The smallest absolute Gasteiger partial charge is 0.191 e. The molecule has 0 aliphatic carbocycles. The van der Waals surface area contributed by atoms with Crippen LogP contribution in [0.3, 0.4) is 0 Å².